The molecule has 8 aromatic rings. The molecular formula is C38H25NS. The van der Waals surface area contributed by atoms with Crippen molar-refractivity contribution in [3.05, 3.63) is 152 Å². The predicted octanol–water partition coefficient (Wildman–Crippen LogP) is 11.5. The molecule has 7 aromatic carbocycles. The maximum Gasteiger partial charge on any atom is 0.0468 e. The van der Waals surface area contributed by atoms with Crippen molar-refractivity contribution in [2.45, 2.75) is 0 Å². The summed E-state index contributed by atoms with van der Waals surface area (Å²) in [6, 6.07) is 54.8. The first-order valence-corrected chi connectivity index (χ1v) is 14.4. The normalized spacial score (nSPS) is 11.5. The highest BCUT2D eigenvalue weighted by Gasteiger charge is 2.15. The highest BCUT2D eigenvalue weighted by Crippen LogP contribution is 2.43. The number of hydrogen-bond acceptors (Lipinski definition) is 2. The Morgan fingerprint density at radius 3 is 1.82 bits per heavy atom. The van der Waals surface area contributed by atoms with Gasteiger partial charge in [-0.05, 0) is 69.8 Å². The van der Waals surface area contributed by atoms with E-state index in [1.807, 2.05) is 11.3 Å². The topological polar surface area (TPSA) is 3.24 Å². The Labute approximate surface area is 237 Å². The summed E-state index contributed by atoms with van der Waals surface area (Å²) < 4.78 is 2.71. The summed E-state index contributed by atoms with van der Waals surface area (Å²) in [4.78, 5) is 2.35. The molecule has 8 rings (SSSR count). The lowest BCUT2D eigenvalue weighted by atomic mass is 9.99. The molecule has 0 spiro atoms. The van der Waals surface area contributed by atoms with Crippen molar-refractivity contribution in [3.63, 3.8) is 0 Å². The fourth-order valence-corrected chi connectivity index (χ4v) is 7.19. The van der Waals surface area contributed by atoms with Crippen LogP contribution in [0.2, 0.25) is 0 Å². The highest BCUT2D eigenvalue weighted by molar-refractivity contribution is 7.26. The van der Waals surface area contributed by atoms with Gasteiger partial charge in [-0.25, -0.2) is 0 Å². The third-order valence-electron chi connectivity index (χ3n) is 7.83. The Kier molecular flexibility index (Phi) is 5.39. The summed E-state index contributed by atoms with van der Waals surface area (Å²) in [6.07, 6.45) is 0. The first-order valence-electron chi connectivity index (χ1n) is 13.6. The maximum absolute atomic E-state index is 2.35. The van der Waals surface area contributed by atoms with Crippen molar-refractivity contribution in [1.82, 2.24) is 0 Å². The van der Waals surface area contributed by atoms with Crippen LogP contribution in [0.5, 0.6) is 0 Å². The van der Waals surface area contributed by atoms with Crippen LogP contribution in [0, 0.1) is 0 Å². The molecule has 0 bridgehead atoms. The Balaban J connectivity index is 1.30. The Bertz CT molecular complexity index is 2140. The van der Waals surface area contributed by atoms with Crippen molar-refractivity contribution in [2.75, 3.05) is 4.90 Å². The summed E-state index contributed by atoms with van der Waals surface area (Å²) in [6.45, 7) is 0. The quantitative estimate of drug-likeness (QED) is 0.206. The van der Waals surface area contributed by atoms with Crippen LogP contribution in [0.1, 0.15) is 0 Å². The Morgan fingerprint density at radius 1 is 0.400 bits per heavy atom. The number of anilines is 3. The number of nitrogens with zero attached hydrogens (tertiary/aromatic N) is 1. The van der Waals surface area contributed by atoms with Gasteiger partial charge < -0.3 is 4.90 Å². The highest BCUT2D eigenvalue weighted by atomic mass is 32.1. The average Bonchev–Trinajstić information content (AvgIpc) is 3.41. The lowest BCUT2D eigenvalue weighted by Crippen LogP contribution is -2.09. The third-order valence-corrected chi connectivity index (χ3v) is 9.04. The van der Waals surface area contributed by atoms with Gasteiger partial charge in [-0.2, -0.15) is 0 Å². The minimum Gasteiger partial charge on any atom is -0.310 e. The molecule has 0 atom stereocenters. The van der Waals surface area contributed by atoms with Gasteiger partial charge in [-0.15, -0.1) is 11.3 Å². The van der Waals surface area contributed by atoms with Gasteiger partial charge in [0.05, 0.1) is 0 Å². The summed E-state index contributed by atoms with van der Waals surface area (Å²) in [5.74, 6) is 0. The molecule has 0 saturated carbocycles. The first-order chi connectivity index (χ1) is 19.8. The summed E-state index contributed by atoms with van der Waals surface area (Å²) in [5, 5.41) is 7.86. The van der Waals surface area contributed by atoms with Crippen LogP contribution in [-0.4, -0.2) is 0 Å². The summed E-state index contributed by atoms with van der Waals surface area (Å²) >= 11 is 1.90. The van der Waals surface area contributed by atoms with E-state index in [9.17, 15) is 0 Å². The number of fused-ring (bicyclic) bond motifs is 7. The molecule has 188 valence electrons. The van der Waals surface area contributed by atoms with E-state index in [4.69, 9.17) is 0 Å². The van der Waals surface area contributed by atoms with Gasteiger partial charge in [-0.3, -0.25) is 0 Å². The van der Waals surface area contributed by atoms with Gasteiger partial charge in [0.25, 0.3) is 0 Å². The smallest absolute Gasteiger partial charge is 0.0468 e. The molecule has 0 aliphatic heterocycles. The van der Waals surface area contributed by atoms with E-state index >= 15 is 0 Å². The van der Waals surface area contributed by atoms with E-state index < -0.39 is 0 Å². The molecule has 0 unspecified atom stereocenters. The Hall–Kier alpha value is -4.92. The summed E-state index contributed by atoms with van der Waals surface area (Å²) in [7, 11) is 0. The number of rotatable bonds is 4. The van der Waals surface area contributed by atoms with Crippen LogP contribution in [0.15, 0.2) is 152 Å². The number of benzene rings is 7. The molecule has 0 radical (unpaired) electrons. The molecule has 1 aromatic heterocycles. The van der Waals surface area contributed by atoms with Crippen LogP contribution < -0.4 is 4.90 Å². The SMILES string of the molecule is c1ccc(-c2ccc(N(c3ccccc3)c3ccc4c(ccc5ccc6c7ccccc7sc6c54)c3)cc2)cc1. The van der Waals surface area contributed by atoms with Gasteiger partial charge in [-0.1, -0.05) is 109 Å². The minimum atomic E-state index is 1.14. The van der Waals surface area contributed by atoms with Crippen LogP contribution in [0.25, 0.3) is 52.8 Å². The van der Waals surface area contributed by atoms with Crippen molar-refractivity contribution in [2.24, 2.45) is 0 Å². The molecule has 1 nitrogen and oxygen atoms in total. The number of hydrogen-bond donors (Lipinski definition) is 0. The molecule has 40 heavy (non-hydrogen) atoms. The van der Waals surface area contributed by atoms with Crippen LogP contribution >= 0.6 is 11.3 Å². The van der Waals surface area contributed by atoms with Crippen LogP contribution in [-0.2, 0) is 0 Å². The van der Waals surface area contributed by atoms with Crippen molar-refractivity contribution < 1.29 is 0 Å². The minimum absolute atomic E-state index is 1.14. The van der Waals surface area contributed by atoms with E-state index in [0.29, 0.717) is 0 Å². The zero-order valence-corrected chi connectivity index (χ0v) is 22.6. The van der Waals surface area contributed by atoms with Gasteiger partial charge in [0.15, 0.2) is 0 Å². The zero-order valence-electron chi connectivity index (χ0n) is 21.8. The maximum atomic E-state index is 2.35. The zero-order chi connectivity index (χ0) is 26.5. The number of para-hydroxylation sites is 1. The molecule has 0 fully saturated rings. The van der Waals surface area contributed by atoms with Crippen LogP contribution in [0.3, 0.4) is 0 Å². The van der Waals surface area contributed by atoms with E-state index in [1.54, 1.807) is 0 Å². The molecule has 2 heteroatoms. The first kappa shape index (κ1) is 23.0. The lowest BCUT2D eigenvalue weighted by molar-refractivity contribution is 1.29. The van der Waals surface area contributed by atoms with E-state index in [2.05, 4.69) is 157 Å². The second kappa shape index (κ2) is 9.37. The standard InChI is InChI=1S/C38H25NS/c1-3-9-26(10-4-1)27-17-20-31(21-18-27)39(30-11-5-2-6-12-30)32-22-24-33-29(25-32)16-15-28-19-23-35-34-13-7-8-14-36(34)40-38(35)37(28)33/h1-25H. The largest absolute Gasteiger partial charge is 0.310 e. The third kappa shape index (κ3) is 3.77. The predicted molar refractivity (Wildman–Crippen MR) is 174 cm³/mol. The van der Waals surface area contributed by atoms with E-state index in [1.165, 1.54) is 52.8 Å². The van der Waals surface area contributed by atoms with Gasteiger partial charge in [0.2, 0.25) is 0 Å². The van der Waals surface area contributed by atoms with Crippen LogP contribution in [0.4, 0.5) is 17.1 Å². The lowest BCUT2D eigenvalue weighted by Gasteiger charge is -2.26. The molecule has 0 aliphatic carbocycles. The van der Waals surface area contributed by atoms with Gasteiger partial charge in [0, 0.05) is 42.6 Å². The van der Waals surface area contributed by atoms with E-state index in [0.717, 1.165) is 17.1 Å². The second-order valence-corrected chi connectivity index (χ2v) is 11.2. The van der Waals surface area contributed by atoms with Gasteiger partial charge in [0.1, 0.15) is 0 Å². The van der Waals surface area contributed by atoms with Crippen molar-refractivity contribution >= 4 is 70.1 Å². The van der Waals surface area contributed by atoms with E-state index in [-0.39, 0.29) is 0 Å². The molecule has 0 amide bonds. The summed E-state index contributed by atoms with van der Waals surface area (Å²) in [5.41, 5.74) is 5.87. The molecule has 0 saturated heterocycles. The number of thiophene rings is 1. The second-order valence-electron chi connectivity index (χ2n) is 10.2. The molecular weight excluding hydrogens is 502 g/mol. The fraction of sp³-hybridized carbons (Fsp3) is 0. The van der Waals surface area contributed by atoms with Crippen molar-refractivity contribution in [1.29, 1.82) is 0 Å². The Morgan fingerprint density at radius 2 is 1.00 bits per heavy atom. The molecule has 0 N–H and O–H groups in total. The van der Waals surface area contributed by atoms with Gasteiger partial charge >= 0.3 is 0 Å². The fourth-order valence-electron chi connectivity index (χ4n) is 5.91. The molecule has 1 heterocycles. The molecule has 0 aliphatic rings. The average molecular weight is 528 g/mol. The monoisotopic (exact) mass is 527 g/mol. The van der Waals surface area contributed by atoms with Crippen molar-refractivity contribution in [3.8, 4) is 11.1 Å².